The number of ether oxygens (including phenoxy) is 2. The fourth-order valence-corrected chi connectivity index (χ4v) is 4.02. The predicted molar refractivity (Wildman–Crippen MR) is 126 cm³/mol. The molecule has 1 saturated heterocycles. The second kappa shape index (κ2) is 10.8. The second-order valence-corrected chi connectivity index (χ2v) is 8.58. The number of guanidine groups is 1. The fourth-order valence-electron chi connectivity index (χ4n) is 4.02. The average Bonchev–Trinajstić information content (AvgIpc) is 3.24. The third-order valence-corrected chi connectivity index (χ3v) is 6.04. The lowest BCUT2D eigenvalue weighted by atomic mass is 9.74. The maximum absolute atomic E-state index is 10.9. The number of nitrogens with zero attached hydrogens (tertiary/aromatic N) is 3. The number of hydrogen-bond acceptors (Lipinski definition) is 5. The molecular weight excluding hydrogens is 406 g/mol. The molecule has 32 heavy (non-hydrogen) atoms. The van der Waals surface area contributed by atoms with Crippen LogP contribution in [0.3, 0.4) is 0 Å². The number of aromatic nitrogens is 2. The summed E-state index contributed by atoms with van der Waals surface area (Å²) in [6.07, 6.45) is 5.36. The van der Waals surface area contributed by atoms with Crippen LogP contribution in [-0.4, -0.2) is 60.3 Å². The Labute approximate surface area is 191 Å². The zero-order valence-electron chi connectivity index (χ0n) is 19.7. The van der Waals surface area contributed by atoms with Crippen molar-refractivity contribution in [2.45, 2.75) is 44.6 Å². The Bertz CT molecular complexity index is 870. The Morgan fingerprint density at radius 2 is 1.97 bits per heavy atom. The van der Waals surface area contributed by atoms with Crippen LogP contribution in [0.4, 0.5) is 0 Å². The molecule has 1 unspecified atom stereocenters. The Kier molecular flexibility index (Phi) is 8.15. The minimum absolute atomic E-state index is 0.0505. The number of benzene rings is 1. The molecule has 0 amide bonds. The molecule has 1 aromatic carbocycles. The van der Waals surface area contributed by atoms with E-state index >= 15 is 0 Å². The highest BCUT2D eigenvalue weighted by atomic mass is 16.5. The highest BCUT2D eigenvalue weighted by Crippen LogP contribution is 2.35. The van der Waals surface area contributed by atoms with Crippen molar-refractivity contribution < 1.29 is 14.6 Å². The smallest absolute Gasteiger partial charge is 0.191 e. The van der Waals surface area contributed by atoms with Crippen molar-refractivity contribution in [3.05, 3.63) is 47.8 Å². The number of nitrogens with one attached hydrogen (secondary N) is 2. The normalized spacial score (nSPS) is 18.1. The van der Waals surface area contributed by atoms with Gasteiger partial charge in [-0.15, -0.1) is 0 Å². The summed E-state index contributed by atoms with van der Waals surface area (Å²) in [7, 11) is 1.84. The molecule has 1 atom stereocenters. The molecule has 3 N–H and O–H groups in total. The van der Waals surface area contributed by atoms with Gasteiger partial charge in [0.05, 0.1) is 19.3 Å². The quantitative estimate of drug-likeness (QED) is 0.407. The van der Waals surface area contributed by atoms with Crippen LogP contribution in [-0.2, 0) is 22.8 Å². The summed E-state index contributed by atoms with van der Waals surface area (Å²) in [6, 6.07) is 8.41. The summed E-state index contributed by atoms with van der Waals surface area (Å²) in [4.78, 5) is 4.67. The van der Waals surface area contributed by atoms with Gasteiger partial charge in [-0.1, -0.05) is 12.1 Å². The lowest BCUT2D eigenvalue weighted by Gasteiger charge is -2.38. The van der Waals surface area contributed by atoms with Crippen molar-refractivity contribution in [1.29, 1.82) is 0 Å². The van der Waals surface area contributed by atoms with Crippen LogP contribution >= 0.6 is 0 Å². The Hall–Kier alpha value is -2.58. The molecule has 0 bridgehead atoms. The van der Waals surface area contributed by atoms with Gasteiger partial charge in [-0.3, -0.25) is 4.68 Å². The van der Waals surface area contributed by atoms with Crippen LogP contribution in [0.15, 0.2) is 41.7 Å². The number of hydrogen-bond donors (Lipinski definition) is 3. The molecule has 176 valence electrons. The van der Waals surface area contributed by atoms with E-state index < -0.39 is 5.60 Å². The lowest BCUT2D eigenvalue weighted by molar-refractivity contribution is 0.0513. The molecule has 0 radical (unpaired) electrons. The van der Waals surface area contributed by atoms with Crippen LogP contribution in [0.1, 0.15) is 44.7 Å². The number of rotatable bonds is 9. The SMILES string of the molecule is CCNC(=NCC(C)(O)c1cnn(C)c1)NCC1(c2ccc(OCC)cc2)CCOCC1. The van der Waals surface area contributed by atoms with E-state index in [-0.39, 0.29) is 12.0 Å². The topological polar surface area (TPSA) is 92.9 Å². The zero-order valence-corrected chi connectivity index (χ0v) is 19.7. The number of aliphatic hydroxyl groups is 1. The molecule has 1 aliphatic rings. The van der Waals surface area contributed by atoms with E-state index in [1.807, 2.05) is 39.2 Å². The van der Waals surface area contributed by atoms with Crippen molar-refractivity contribution in [3.8, 4) is 5.75 Å². The molecule has 3 rings (SSSR count). The van der Waals surface area contributed by atoms with Gasteiger partial charge in [-0.2, -0.15) is 5.10 Å². The van der Waals surface area contributed by atoms with E-state index in [1.165, 1.54) is 5.56 Å². The summed E-state index contributed by atoms with van der Waals surface area (Å²) in [5.41, 5.74) is 0.873. The monoisotopic (exact) mass is 443 g/mol. The molecule has 8 nitrogen and oxygen atoms in total. The molecule has 0 saturated carbocycles. The van der Waals surface area contributed by atoms with E-state index in [0.29, 0.717) is 12.6 Å². The van der Waals surface area contributed by atoms with Gasteiger partial charge in [-0.05, 0) is 51.3 Å². The highest BCUT2D eigenvalue weighted by molar-refractivity contribution is 5.80. The predicted octanol–water partition coefficient (Wildman–Crippen LogP) is 2.33. The van der Waals surface area contributed by atoms with Crippen LogP contribution in [0, 0.1) is 0 Å². The van der Waals surface area contributed by atoms with Crippen LogP contribution in [0.5, 0.6) is 5.75 Å². The third kappa shape index (κ3) is 6.01. The third-order valence-electron chi connectivity index (χ3n) is 6.04. The van der Waals surface area contributed by atoms with Gasteiger partial charge in [0.25, 0.3) is 0 Å². The molecule has 2 aromatic rings. The van der Waals surface area contributed by atoms with Gasteiger partial charge in [0.1, 0.15) is 11.4 Å². The van der Waals surface area contributed by atoms with Crippen molar-refractivity contribution >= 4 is 5.96 Å². The molecule has 0 spiro atoms. The first-order valence-corrected chi connectivity index (χ1v) is 11.4. The molecular formula is C24H37N5O3. The Morgan fingerprint density at radius 3 is 2.56 bits per heavy atom. The van der Waals surface area contributed by atoms with E-state index in [9.17, 15) is 5.11 Å². The fraction of sp³-hybridized carbons (Fsp3) is 0.583. The maximum Gasteiger partial charge on any atom is 0.191 e. The van der Waals surface area contributed by atoms with Gasteiger partial charge in [-0.25, -0.2) is 4.99 Å². The summed E-state index contributed by atoms with van der Waals surface area (Å²) in [6.45, 7) is 9.61. The van der Waals surface area contributed by atoms with Gasteiger partial charge in [0.15, 0.2) is 5.96 Å². The molecule has 2 heterocycles. The summed E-state index contributed by atoms with van der Waals surface area (Å²) in [5, 5.41) is 21.9. The molecule has 8 heteroatoms. The minimum Gasteiger partial charge on any atom is -0.494 e. The van der Waals surface area contributed by atoms with E-state index in [2.05, 4.69) is 32.9 Å². The van der Waals surface area contributed by atoms with Crippen LogP contribution in [0.25, 0.3) is 0 Å². The summed E-state index contributed by atoms with van der Waals surface area (Å²) in [5.74, 6) is 1.58. The van der Waals surface area contributed by atoms with E-state index in [0.717, 1.165) is 50.5 Å². The average molecular weight is 444 g/mol. The first kappa shape index (κ1) is 24.1. The van der Waals surface area contributed by atoms with E-state index in [1.54, 1.807) is 17.8 Å². The molecule has 1 aliphatic heterocycles. The maximum atomic E-state index is 10.9. The Balaban J connectivity index is 1.74. The molecule has 1 fully saturated rings. The van der Waals surface area contributed by atoms with Crippen molar-refractivity contribution in [2.75, 3.05) is 39.5 Å². The first-order chi connectivity index (χ1) is 15.4. The summed E-state index contributed by atoms with van der Waals surface area (Å²) >= 11 is 0. The minimum atomic E-state index is -1.10. The Morgan fingerprint density at radius 1 is 1.25 bits per heavy atom. The molecule has 1 aromatic heterocycles. The highest BCUT2D eigenvalue weighted by Gasteiger charge is 2.35. The van der Waals surface area contributed by atoms with Gasteiger partial charge < -0.3 is 25.2 Å². The van der Waals surface area contributed by atoms with Crippen molar-refractivity contribution in [2.24, 2.45) is 12.0 Å². The van der Waals surface area contributed by atoms with E-state index in [4.69, 9.17) is 9.47 Å². The van der Waals surface area contributed by atoms with Crippen molar-refractivity contribution in [1.82, 2.24) is 20.4 Å². The second-order valence-electron chi connectivity index (χ2n) is 8.58. The molecule has 0 aliphatic carbocycles. The van der Waals surface area contributed by atoms with Gasteiger partial charge in [0.2, 0.25) is 0 Å². The van der Waals surface area contributed by atoms with Gasteiger partial charge >= 0.3 is 0 Å². The van der Waals surface area contributed by atoms with Crippen LogP contribution < -0.4 is 15.4 Å². The van der Waals surface area contributed by atoms with Crippen LogP contribution in [0.2, 0.25) is 0 Å². The summed E-state index contributed by atoms with van der Waals surface area (Å²) < 4.78 is 13.0. The number of aliphatic imine (C=N–C) groups is 1. The number of aryl methyl sites for hydroxylation is 1. The van der Waals surface area contributed by atoms with Crippen molar-refractivity contribution in [3.63, 3.8) is 0 Å². The standard InChI is InChI=1S/C24H37N5O3/c1-5-25-22(26-17-23(3,30)20-15-28-29(4)16-20)27-18-24(11-13-31-14-12-24)19-7-9-21(10-8-19)32-6-2/h7-10,15-16,30H,5-6,11-14,17-18H2,1-4H3,(H2,25,26,27). The zero-order chi connectivity index (χ0) is 23.0. The van der Waals surface area contributed by atoms with Gasteiger partial charge in [0, 0.05) is 50.5 Å². The first-order valence-electron chi connectivity index (χ1n) is 11.4. The largest absolute Gasteiger partial charge is 0.494 e. The lowest BCUT2D eigenvalue weighted by Crippen LogP contribution is -2.48.